The first-order valence-electron chi connectivity index (χ1n) is 7.94. The molecule has 1 aromatic carbocycles. The average molecular weight is 384 g/mol. The van der Waals surface area contributed by atoms with Crippen molar-refractivity contribution >= 4 is 36.5 Å². The zero-order chi connectivity index (χ0) is 16.1. The number of carbonyl (C=O) groups excluding carboxylic acids is 1. The molecule has 136 valence electrons. The van der Waals surface area contributed by atoms with E-state index in [1.165, 1.54) is 5.56 Å². The summed E-state index contributed by atoms with van der Waals surface area (Å²) in [5, 5.41) is 5.89. The number of rotatable bonds is 6. The van der Waals surface area contributed by atoms with Crippen LogP contribution in [0.15, 0.2) is 36.4 Å². The number of fused-ring (bicyclic) bond motifs is 1. The third-order valence-corrected chi connectivity index (χ3v) is 3.83. The van der Waals surface area contributed by atoms with Gasteiger partial charge in [0.25, 0.3) is 0 Å². The van der Waals surface area contributed by atoms with E-state index in [1.54, 1.807) is 0 Å². The van der Waals surface area contributed by atoms with Crippen molar-refractivity contribution < 1.29 is 9.53 Å². The number of benzene rings is 1. The first-order valence-corrected chi connectivity index (χ1v) is 7.94. The number of nitrogens with zero attached hydrogens (tertiary/aromatic N) is 1. The lowest BCUT2D eigenvalue weighted by atomic mass is 10.1. The standard InChI is InChI=1S/C18H21N3O2.2ClH/c1-19-10-3-6-18(22)21-17-5-2-4-15(20-17)13-7-8-16-14(12-13)9-11-23-16;;/h2,4-5,7-8,12,19H,3,6,9-11H2,1H3,(H,20,21,22);2*1H. The first kappa shape index (κ1) is 21.2. The molecule has 0 spiro atoms. The molecule has 1 amide bonds. The molecular formula is C18H23Cl2N3O2. The Labute approximate surface area is 160 Å². The lowest BCUT2D eigenvalue weighted by Crippen LogP contribution is -2.15. The Morgan fingerprint density at radius 2 is 2.08 bits per heavy atom. The smallest absolute Gasteiger partial charge is 0.225 e. The Morgan fingerprint density at radius 3 is 2.88 bits per heavy atom. The van der Waals surface area contributed by atoms with Crippen molar-refractivity contribution in [3.63, 3.8) is 0 Å². The van der Waals surface area contributed by atoms with Gasteiger partial charge in [0.2, 0.25) is 5.91 Å². The normalized spacial score (nSPS) is 11.6. The quantitative estimate of drug-likeness (QED) is 0.749. The summed E-state index contributed by atoms with van der Waals surface area (Å²) in [6.07, 6.45) is 2.24. The second-order valence-electron chi connectivity index (χ2n) is 5.58. The molecule has 7 heteroatoms. The molecular weight excluding hydrogens is 361 g/mol. The maximum atomic E-state index is 11.9. The van der Waals surface area contributed by atoms with Crippen molar-refractivity contribution in [1.82, 2.24) is 10.3 Å². The molecule has 0 bridgehead atoms. The molecule has 2 heterocycles. The predicted octanol–water partition coefficient (Wildman–Crippen LogP) is 3.47. The third-order valence-electron chi connectivity index (χ3n) is 3.83. The summed E-state index contributed by atoms with van der Waals surface area (Å²) in [6, 6.07) is 11.8. The fourth-order valence-corrected chi connectivity index (χ4v) is 2.64. The minimum Gasteiger partial charge on any atom is -0.493 e. The highest BCUT2D eigenvalue weighted by molar-refractivity contribution is 5.90. The fourth-order valence-electron chi connectivity index (χ4n) is 2.64. The van der Waals surface area contributed by atoms with Gasteiger partial charge in [0.05, 0.1) is 12.3 Å². The van der Waals surface area contributed by atoms with Gasteiger partial charge in [-0.05, 0) is 55.9 Å². The van der Waals surface area contributed by atoms with E-state index in [0.29, 0.717) is 12.2 Å². The molecule has 1 aliphatic rings. The molecule has 1 aromatic heterocycles. The summed E-state index contributed by atoms with van der Waals surface area (Å²) >= 11 is 0. The number of carbonyl (C=O) groups is 1. The van der Waals surface area contributed by atoms with Gasteiger partial charge in [-0.2, -0.15) is 0 Å². The number of amides is 1. The van der Waals surface area contributed by atoms with Crippen LogP contribution in [0.1, 0.15) is 18.4 Å². The van der Waals surface area contributed by atoms with Gasteiger partial charge in [-0.25, -0.2) is 4.98 Å². The van der Waals surface area contributed by atoms with Crippen molar-refractivity contribution in [2.75, 3.05) is 25.5 Å². The lowest BCUT2D eigenvalue weighted by Gasteiger charge is -2.08. The largest absolute Gasteiger partial charge is 0.493 e. The van der Waals surface area contributed by atoms with Gasteiger partial charge in [0.1, 0.15) is 11.6 Å². The van der Waals surface area contributed by atoms with E-state index in [2.05, 4.69) is 21.7 Å². The Kier molecular flexibility index (Phi) is 8.69. The van der Waals surface area contributed by atoms with E-state index in [1.807, 2.05) is 37.4 Å². The van der Waals surface area contributed by atoms with Crippen LogP contribution in [0.4, 0.5) is 5.82 Å². The number of pyridine rings is 1. The van der Waals surface area contributed by atoms with Crippen LogP contribution in [0.3, 0.4) is 0 Å². The predicted molar refractivity (Wildman–Crippen MR) is 105 cm³/mol. The zero-order valence-electron chi connectivity index (χ0n) is 14.1. The van der Waals surface area contributed by atoms with Crippen molar-refractivity contribution in [2.24, 2.45) is 0 Å². The number of hydrogen-bond acceptors (Lipinski definition) is 4. The van der Waals surface area contributed by atoms with Crippen LogP contribution < -0.4 is 15.4 Å². The number of ether oxygens (including phenoxy) is 1. The van der Waals surface area contributed by atoms with Crippen LogP contribution in [0.2, 0.25) is 0 Å². The molecule has 3 rings (SSSR count). The molecule has 2 aromatic rings. The SMILES string of the molecule is CNCCCC(=O)Nc1cccc(-c2ccc3c(c2)CCO3)n1.Cl.Cl. The minimum absolute atomic E-state index is 0. The van der Waals surface area contributed by atoms with Crippen LogP contribution in [-0.4, -0.2) is 31.1 Å². The molecule has 0 saturated carbocycles. The summed E-state index contributed by atoms with van der Waals surface area (Å²) in [6.45, 7) is 1.58. The molecule has 0 radical (unpaired) electrons. The summed E-state index contributed by atoms with van der Waals surface area (Å²) < 4.78 is 5.53. The van der Waals surface area contributed by atoms with Gasteiger partial charge in [0.15, 0.2) is 0 Å². The molecule has 0 aliphatic carbocycles. The lowest BCUT2D eigenvalue weighted by molar-refractivity contribution is -0.116. The average Bonchev–Trinajstić information content (AvgIpc) is 3.03. The molecule has 0 atom stereocenters. The van der Waals surface area contributed by atoms with Crippen molar-refractivity contribution in [3.05, 3.63) is 42.0 Å². The molecule has 0 fully saturated rings. The van der Waals surface area contributed by atoms with Gasteiger partial charge < -0.3 is 15.4 Å². The Bertz CT molecular complexity index is 710. The van der Waals surface area contributed by atoms with Gasteiger partial charge in [0, 0.05) is 18.4 Å². The molecule has 0 unspecified atom stereocenters. The topological polar surface area (TPSA) is 63.2 Å². The van der Waals surface area contributed by atoms with Crippen molar-refractivity contribution in [3.8, 4) is 17.0 Å². The van der Waals surface area contributed by atoms with E-state index >= 15 is 0 Å². The Hall–Kier alpha value is -1.82. The van der Waals surface area contributed by atoms with Crippen LogP contribution >= 0.6 is 24.8 Å². The number of halogens is 2. The molecule has 5 nitrogen and oxygen atoms in total. The Morgan fingerprint density at radius 1 is 1.24 bits per heavy atom. The maximum Gasteiger partial charge on any atom is 0.225 e. The summed E-state index contributed by atoms with van der Waals surface area (Å²) in [4.78, 5) is 16.4. The highest BCUT2D eigenvalue weighted by atomic mass is 35.5. The van der Waals surface area contributed by atoms with E-state index in [4.69, 9.17) is 4.74 Å². The first-order chi connectivity index (χ1) is 11.3. The molecule has 1 aliphatic heterocycles. The fraction of sp³-hybridized carbons (Fsp3) is 0.333. The van der Waals surface area contributed by atoms with Crippen LogP contribution in [0, 0.1) is 0 Å². The van der Waals surface area contributed by atoms with Crippen LogP contribution in [-0.2, 0) is 11.2 Å². The number of aromatic nitrogens is 1. The Balaban J connectivity index is 0.00000156. The van der Waals surface area contributed by atoms with E-state index in [9.17, 15) is 4.79 Å². The summed E-state index contributed by atoms with van der Waals surface area (Å²) in [7, 11) is 1.88. The molecule has 0 saturated heterocycles. The van der Waals surface area contributed by atoms with Gasteiger partial charge in [-0.1, -0.05) is 6.07 Å². The molecule has 2 N–H and O–H groups in total. The highest BCUT2D eigenvalue weighted by Gasteiger charge is 2.13. The minimum atomic E-state index is -0.00717. The molecule has 25 heavy (non-hydrogen) atoms. The van der Waals surface area contributed by atoms with Gasteiger partial charge >= 0.3 is 0 Å². The van der Waals surface area contributed by atoms with Crippen molar-refractivity contribution in [2.45, 2.75) is 19.3 Å². The number of nitrogens with one attached hydrogen (secondary N) is 2. The summed E-state index contributed by atoms with van der Waals surface area (Å²) in [5.41, 5.74) is 3.11. The van der Waals surface area contributed by atoms with Gasteiger partial charge in [-0.3, -0.25) is 4.79 Å². The van der Waals surface area contributed by atoms with Crippen LogP contribution in [0.25, 0.3) is 11.3 Å². The maximum absolute atomic E-state index is 11.9. The number of anilines is 1. The highest BCUT2D eigenvalue weighted by Crippen LogP contribution is 2.30. The summed E-state index contributed by atoms with van der Waals surface area (Å²) in [5.74, 6) is 1.55. The second-order valence-corrected chi connectivity index (χ2v) is 5.58. The number of hydrogen-bond donors (Lipinski definition) is 2. The second kappa shape index (κ2) is 10.2. The third kappa shape index (κ3) is 5.59. The monoisotopic (exact) mass is 383 g/mol. The zero-order valence-corrected chi connectivity index (χ0v) is 15.7. The van der Waals surface area contributed by atoms with E-state index in [0.717, 1.165) is 43.0 Å². The van der Waals surface area contributed by atoms with E-state index < -0.39 is 0 Å². The van der Waals surface area contributed by atoms with Crippen LogP contribution in [0.5, 0.6) is 5.75 Å². The van der Waals surface area contributed by atoms with Crippen molar-refractivity contribution in [1.29, 1.82) is 0 Å². The van der Waals surface area contributed by atoms with Gasteiger partial charge in [-0.15, -0.1) is 24.8 Å². The van der Waals surface area contributed by atoms with E-state index in [-0.39, 0.29) is 30.7 Å².